The van der Waals surface area contributed by atoms with E-state index in [-0.39, 0.29) is 53.5 Å². The monoisotopic (exact) mass is 493 g/mol. The number of aliphatic imine (C=N–C) groups is 1. The molecule has 11 heteroatoms. The summed E-state index contributed by atoms with van der Waals surface area (Å²) < 4.78 is 37.6. The molecule has 0 unspecified atom stereocenters. The number of nitrogens with one attached hydrogen (secondary N) is 2. The molecule has 144 valence electrons. The van der Waals surface area contributed by atoms with Crippen LogP contribution in [0.4, 0.5) is 13.2 Å². The molecule has 0 saturated heterocycles. The molecule has 25 heavy (non-hydrogen) atoms. The summed E-state index contributed by atoms with van der Waals surface area (Å²) in [4.78, 5) is 21.0. The fourth-order valence-corrected chi connectivity index (χ4v) is 2.55. The zero-order chi connectivity index (χ0) is 18.5. The lowest BCUT2D eigenvalue weighted by Gasteiger charge is -2.25. The van der Waals surface area contributed by atoms with E-state index in [9.17, 15) is 18.0 Å². The first kappa shape index (κ1) is 23.9. The maximum atomic E-state index is 12.5. The summed E-state index contributed by atoms with van der Waals surface area (Å²) in [6.07, 6.45) is -4.45. The molecule has 0 saturated carbocycles. The van der Waals surface area contributed by atoms with E-state index in [1.165, 1.54) is 7.05 Å². The first-order valence-electron chi connectivity index (χ1n) is 7.17. The van der Waals surface area contributed by atoms with Gasteiger partial charge in [-0.05, 0) is 20.8 Å². The number of guanidine groups is 1. The van der Waals surface area contributed by atoms with Crippen LogP contribution in [-0.4, -0.2) is 47.9 Å². The van der Waals surface area contributed by atoms with Crippen molar-refractivity contribution in [1.29, 1.82) is 0 Å². The molecule has 0 radical (unpaired) electrons. The van der Waals surface area contributed by atoms with Crippen LogP contribution in [0, 0.1) is 0 Å². The van der Waals surface area contributed by atoms with E-state index in [1.54, 1.807) is 11.9 Å². The highest BCUT2D eigenvalue weighted by molar-refractivity contribution is 14.0. The molecule has 1 aromatic rings. The Labute approximate surface area is 166 Å². The minimum Gasteiger partial charge on any atom is -0.350 e. The molecule has 6 nitrogen and oxygen atoms in total. The summed E-state index contributed by atoms with van der Waals surface area (Å²) in [6.45, 7) is 5.79. The Bertz CT molecular complexity index is 598. The Hall–Kier alpha value is -1.11. The maximum absolute atomic E-state index is 12.5. The Balaban J connectivity index is 0.00000576. The molecule has 0 fully saturated rings. The SMILES string of the molecule is CN=C(NCc1nc(C(F)(F)F)cs1)N(C)CC(=O)NC(C)(C)C.I. The highest BCUT2D eigenvalue weighted by Gasteiger charge is 2.33. The molecule has 0 aliphatic rings. The van der Waals surface area contributed by atoms with Crippen LogP contribution in [-0.2, 0) is 17.5 Å². The second kappa shape index (κ2) is 9.55. The van der Waals surface area contributed by atoms with Gasteiger partial charge in [-0.15, -0.1) is 35.3 Å². The van der Waals surface area contributed by atoms with E-state index < -0.39 is 11.9 Å². The lowest BCUT2D eigenvalue weighted by Crippen LogP contribution is -2.48. The highest BCUT2D eigenvalue weighted by atomic mass is 127. The van der Waals surface area contributed by atoms with Crippen LogP contribution in [0.25, 0.3) is 0 Å². The number of aromatic nitrogens is 1. The second-order valence-electron chi connectivity index (χ2n) is 6.18. The van der Waals surface area contributed by atoms with Crippen molar-refractivity contribution in [2.24, 2.45) is 4.99 Å². The van der Waals surface area contributed by atoms with Crippen molar-refractivity contribution in [2.75, 3.05) is 20.6 Å². The van der Waals surface area contributed by atoms with Crippen LogP contribution < -0.4 is 10.6 Å². The normalized spacial score (nSPS) is 12.4. The zero-order valence-corrected chi connectivity index (χ0v) is 17.8. The number of halogens is 4. The van der Waals surface area contributed by atoms with Crippen molar-refractivity contribution < 1.29 is 18.0 Å². The summed E-state index contributed by atoms with van der Waals surface area (Å²) in [5.41, 5.74) is -1.25. The zero-order valence-electron chi connectivity index (χ0n) is 14.7. The van der Waals surface area contributed by atoms with Gasteiger partial charge in [-0.25, -0.2) is 4.98 Å². The van der Waals surface area contributed by atoms with Gasteiger partial charge in [-0.1, -0.05) is 0 Å². The molecule has 0 atom stereocenters. The largest absolute Gasteiger partial charge is 0.434 e. The fourth-order valence-electron chi connectivity index (χ4n) is 1.81. The van der Waals surface area contributed by atoms with Crippen molar-refractivity contribution in [3.05, 3.63) is 16.1 Å². The lowest BCUT2D eigenvalue weighted by atomic mass is 10.1. The number of carbonyl (C=O) groups excluding carboxylic acids is 1. The molecular formula is C14H23F3IN5OS. The van der Waals surface area contributed by atoms with Gasteiger partial charge in [0.1, 0.15) is 5.01 Å². The minimum atomic E-state index is -4.45. The van der Waals surface area contributed by atoms with Gasteiger partial charge in [0, 0.05) is 25.0 Å². The average Bonchev–Trinajstić information content (AvgIpc) is 2.85. The van der Waals surface area contributed by atoms with Crippen molar-refractivity contribution in [3.63, 3.8) is 0 Å². The van der Waals surface area contributed by atoms with Crippen LogP contribution >= 0.6 is 35.3 Å². The van der Waals surface area contributed by atoms with Crippen molar-refractivity contribution in [1.82, 2.24) is 20.5 Å². The molecule has 1 rings (SSSR count). The number of amides is 1. The summed E-state index contributed by atoms with van der Waals surface area (Å²) in [6, 6.07) is 0. The second-order valence-corrected chi connectivity index (χ2v) is 7.12. The quantitative estimate of drug-likeness (QED) is 0.385. The Morgan fingerprint density at radius 2 is 1.96 bits per heavy atom. The number of rotatable bonds is 4. The van der Waals surface area contributed by atoms with Crippen LogP contribution in [0.1, 0.15) is 31.5 Å². The standard InChI is InChI=1S/C14H22F3N5OS.HI/c1-13(2,3)21-10(23)7-22(5)12(18-4)19-6-11-20-9(8-24-11)14(15,16)17;/h8H,6-7H2,1-5H3,(H,18,19)(H,21,23);1H. The molecular weight excluding hydrogens is 470 g/mol. The average molecular weight is 493 g/mol. The van der Waals surface area contributed by atoms with Crippen LogP contribution in [0.5, 0.6) is 0 Å². The summed E-state index contributed by atoms with van der Waals surface area (Å²) >= 11 is 0.916. The molecule has 0 aromatic carbocycles. The number of likely N-dealkylation sites (N-methyl/N-ethyl adjacent to an activating group) is 1. The van der Waals surface area contributed by atoms with Gasteiger partial charge in [-0.2, -0.15) is 13.2 Å². The number of thiazole rings is 1. The minimum absolute atomic E-state index is 0. The van der Waals surface area contributed by atoms with Crippen LogP contribution in [0.15, 0.2) is 10.4 Å². The van der Waals surface area contributed by atoms with Gasteiger partial charge in [0.15, 0.2) is 11.7 Å². The van der Waals surface area contributed by atoms with Crippen molar-refractivity contribution >= 4 is 47.2 Å². The maximum Gasteiger partial charge on any atom is 0.434 e. The first-order valence-corrected chi connectivity index (χ1v) is 8.04. The highest BCUT2D eigenvalue weighted by Crippen LogP contribution is 2.29. The molecule has 1 amide bonds. The van der Waals surface area contributed by atoms with E-state index in [2.05, 4.69) is 20.6 Å². The van der Waals surface area contributed by atoms with E-state index in [0.29, 0.717) is 5.96 Å². The van der Waals surface area contributed by atoms with E-state index >= 15 is 0 Å². The van der Waals surface area contributed by atoms with Crippen molar-refractivity contribution in [2.45, 2.75) is 39.0 Å². The predicted octanol–water partition coefficient (Wildman–Crippen LogP) is 2.70. The third-order valence-electron chi connectivity index (χ3n) is 2.71. The molecule has 2 N–H and O–H groups in total. The van der Waals surface area contributed by atoms with Gasteiger partial charge in [0.25, 0.3) is 0 Å². The molecule has 0 aliphatic heterocycles. The number of nitrogens with zero attached hydrogens (tertiary/aromatic N) is 3. The van der Waals surface area contributed by atoms with Crippen LogP contribution in [0.3, 0.4) is 0 Å². The van der Waals surface area contributed by atoms with Gasteiger partial charge in [0.2, 0.25) is 5.91 Å². The lowest BCUT2D eigenvalue weighted by molar-refractivity contribution is -0.140. The smallest absolute Gasteiger partial charge is 0.350 e. The molecule has 0 aliphatic carbocycles. The third-order valence-corrected chi connectivity index (χ3v) is 3.56. The Morgan fingerprint density at radius 3 is 2.40 bits per heavy atom. The first-order chi connectivity index (χ1) is 10.9. The number of hydrogen-bond donors (Lipinski definition) is 2. The van der Waals surface area contributed by atoms with E-state index in [1.807, 2.05) is 20.8 Å². The third kappa shape index (κ3) is 8.70. The van der Waals surface area contributed by atoms with E-state index in [0.717, 1.165) is 16.7 Å². The summed E-state index contributed by atoms with van der Waals surface area (Å²) in [7, 11) is 3.20. The Kier molecular flexibility index (Phi) is 9.13. The predicted molar refractivity (Wildman–Crippen MR) is 103 cm³/mol. The molecule has 0 bridgehead atoms. The molecule has 1 heterocycles. The number of carbonyl (C=O) groups is 1. The van der Waals surface area contributed by atoms with Crippen LogP contribution in [0.2, 0.25) is 0 Å². The fraction of sp³-hybridized carbons (Fsp3) is 0.643. The molecule has 1 aromatic heterocycles. The Morgan fingerprint density at radius 1 is 1.36 bits per heavy atom. The van der Waals surface area contributed by atoms with Gasteiger partial charge < -0.3 is 15.5 Å². The summed E-state index contributed by atoms with van der Waals surface area (Å²) in [5.74, 6) is 0.212. The van der Waals surface area contributed by atoms with E-state index in [4.69, 9.17) is 0 Å². The topological polar surface area (TPSA) is 69.6 Å². The summed E-state index contributed by atoms with van der Waals surface area (Å²) in [5, 5.41) is 6.98. The van der Waals surface area contributed by atoms with Gasteiger partial charge in [0.05, 0.1) is 13.1 Å². The van der Waals surface area contributed by atoms with Gasteiger partial charge in [-0.3, -0.25) is 9.79 Å². The molecule has 0 spiro atoms. The number of alkyl halides is 3. The van der Waals surface area contributed by atoms with Gasteiger partial charge >= 0.3 is 6.18 Å². The number of hydrogen-bond acceptors (Lipinski definition) is 4. The van der Waals surface area contributed by atoms with Crippen molar-refractivity contribution in [3.8, 4) is 0 Å².